The number of benzene rings is 1. The number of urea groups is 1. The fourth-order valence-electron chi connectivity index (χ4n) is 2.88. The van der Waals surface area contributed by atoms with Crippen molar-refractivity contribution in [1.29, 1.82) is 0 Å². The molecule has 3 rings (SSSR count). The minimum absolute atomic E-state index is 0.183. The van der Waals surface area contributed by atoms with Crippen LogP contribution in [0.15, 0.2) is 18.2 Å². The van der Waals surface area contributed by atoms with Crippen molar-refractivity contribution >= 4 is 6.03 Å². The van der Waals surface area contributed by atoms with E-state index in [1.54, 1.807) is 18.2 Å². The third-order valence-corrected chi connectivity index (χ3v) is 4.01. The average Bonchev–Trinajstić information content (AvgIpc) is 3.18. The number of nitrogens with one attached hydrogen (secondary N) is 2. The Labute approximate surface area is 148 Å². The number of fused-ring (bicyclic) bond motifs is 1. The van der Waals surface area contributed by atoms with E-state index in [0.717, 1.165) is 0 Å². The highest BCUT2D eigenvalue weighted by Crippen LogP contribution is 2.34. The minimum atomic E-state index is -4.22. The van der Waals surface area contributed by atoms with E-state index in [1.165, 1.54) is 4.90 Å². The monoisotopic (exact) mass is 375 g/mol. The molecule has 2 heterocycles. The van der Waals surface area contributed by atoms with Crippen LogP contribution in [0.3, 0.4) is 0 Å². The first-order valence-electron chi connectivity index (χ1n) is 8.25. The third kappa shape index (κ3) is 5.32. The SMILES string of the molecule is O=C(NCCOc1ccc2c(c1)OCO2)NC1CCN(CC(F)(F)F)C1. The van der Waals surface area contributed by atoms with Gasteiger partial charge in [-0.25, -0.2) is 4.79 Å². The Balaban J connectivity index is 1.31. The lowest BCUT2D eigenvalue weighted by atomic mass is 10.3. The Hall–Kier alpha value is -2.36. The highest BCUT2D eigenvalue weighted by molar-refractivity contribution is 5.74. The molecule has 1 saturated heterocycles. The maximum Gasteiger partial charge on any atom is 0.401 e. The molecule has 2 aliphatic heterocycles. The third-order valence-electron chi connectivity index (χ3n) is 4.01. The summed E-state index contributed by atoms with van der Waals surface area (Å²) in [4.78, 5) is 13.1. The van der Waals surface area contributed by atoms with Crippen LogP contribution in [0.1, 0.15) is 6.42 Å². The van der Waals surface area contributed by atoms with Crippen molar-refractivity contribution in [2.24, 2.45) is 0 Å². The molecule has 0 radical (unpaired) electrons. The number of carbonyl (C=O) groups excluding carboxylic acids is 1. The molecule has 2 N–H and O–H groups in total. The number of hydrogen-bond donors (Lipinski definition) is 2. The molecule has 1 aromatic rings. The summed E-state index contributed by atoms with van der Waals surface area (Å²) < 4.78 is 53.0. The molecule has 2 aliphatic rings. The summed E-state index contributed by atoms with van der Waals surface area (Å²) in [6, 6.07) is 4.48. The van der Waals surface area contributed by atoms with Gasteiger partial charge >= 0.3 is 12.2 Å². The number of likely N-dealkylation sites (tertiary alicyclic amines) is 1. The largest absolute Gasteiger partial charge is 0.492 e. The second-order valence-corrected chi connectivity index (χ2v) is 6.10. The van der Waals surface area contributed by atoms with Crippen LogP contribution in [-0.4, -0.2) is 62.7 Å². The molecule has 144 valence electrons. The van der Waals surface area contributed by atoms with Crippen LogP contribution >= 0.6 is 0 Å². The van der Waals surface area contributed by atoms with Crippen LogP contribution in [0.5, 0.6) is 17.2 Å². The molecule has 0 aliphatic carbocycles. The fraction of sp³-hybridized carbons (Fsp3) is 0.562. The number of carbonyl (C=O) groups is 1. The molecular formula is C16H20F3N3O4. The zero-order valence-corrected chi connectivity index (χ0v) is 14.0. The van der Waals surface area contributed by atoms with Crippen LogP contribution in [0.2, 0.25) is 0 Å². The standard InChI is InChI=1S/C16H20F3N3O4/c17-16(18,19)9-22-5-3-11(8-22)21-15(23)20-4-6-24-12-1-2-13-14(7-12)26-10-25-13/h1-2,7,11H,3-6,8-10H2,(H2,20,21,23). The van der Waals surface area contributed by atoms with Crippen LogP contribution in [-0.2, 0) is 0 Å². The van der Waals surface area contributed by atoms with Gasteiger partial charge in [0.2, 0.25) is 6.79 Å². The van der Waals surface area contributed by atoms with E-state index in [-0.39, 0.29) is 32.5 Å². The molecule has 7 nitrogen and oxygen atoms in total. The topological polar surface area (TPSA) is 72.1 Å². The van der Waals surface area contributed by atoms with Crippen molar-refractivity contribution in [3.05, 3.63) is 18.2 Å². The zero-order valence-electron chi connectivity index (χ0n) is 14.0. The van der Waals surface area contributed by atoms with Crippen molar-refractivity contribution in [2.75, 3.05) is 39.6 Å². The molecular weight excluding hydrogens is 355 g/mol. The van der Waals surface area contributed by atoms with Gasteiger partial charge in [0, 0.05) is 25.2 Å². The molecule has 1 unspecified atom stereocenters. The van der Waals surface area contributed by atoms with Crippen LogP contribution < -0.4 is 24.8 Å². The normalized spacial score (nSPS) is 19.4. The van der Waals surface area contributed by atoms with E-state index in [4.69, 9.17) is 14.2 Å². The lowest BCUT2D eigenvalue weighted by Crippen LogP contribution is -2.45. The quantitative estimate of drug-likeness (QED) is 0.741. The van der Waals surface area contributed by atoms with Gasteiger partial charge in [-0.2, -0.15) is 13.2 Å². The first kappa shape index (κ1) is 18.4. The van der Waals surface area contributed by atoms with Crippen molar-refractivity contribution in [3.63, 3.8) is 0 Å². The first-order chi connectivity index (χ1) is 12.4. The van der Waals surface area contributed by atoms with E-state index in [9.17, 15) is 18.0 Å². The summed E-state index contributed by atoms with van der Waals surface area (Å²) in [6.07, 6.45) is -3.72. The predicted molar refractivity (Wildman–Crippen MR) is 85.5 cm³/mol. The molecule has 1 atom stereocenters. The van der Waals surface area contributed by atoms with E-state index < -0.39 is 18.8 Å². The van der Waals surface area contributed by atoms with Gasteiger partial charge < -0.3 is 24.8 Å². The van der Waals surface area contributed by atoms with Crippen molar-refractivity contribution in [3.8, 4) is 17.2 Å². The van der Waals surface area contributed by atoms with E-state index in [1.807, 2.05) is 0 Å². The summed E-state index contributed by atoms with van der Waals surface area (Å²) in [7, 11) is 0. The van der Waals surface area contributed by atoms with Gasteiger partial charge in [0.25, 0.3) is 0 Å². The molecule has 1 fully saturated rings. The lowest BCUT2D eigenvalue weighted by Gasteiger charge is -2.18. The number of rotatable bonds is 6. The highest BCUT2D eigenvalue weighted by atomic mass is 19.4. The highest BCUT2D eigenvalue weighted by Gasteiger charge is 2.34. The van der Waals surface area contributed by atoms with Crippen LogP contribution in [0, 0.1) is 0 Å². The number of hydrogen-bond acceptors (Lipinski definition) is 5. The Morgan fingerprint density at radius 1 is 1.31 bits per heavy atom. The van der Waals surface area contributed by atoms with E-state index >= 15 is 0 Å². The zero-order chi connectivity index (χ0) is 18.6. The van der Waals surface area contributed by atoms with Gasteiger partial charge in [-0.3, -0.25) is 4.90 Å². The smallest absolute Gasteiger partial charge is 0.401 e. The van der Waals surface area contributed by atoms with Crippen molar-refractivity contribution in [2.45, 2.75) is 18.6 Å². The molecule has 0 saturated carbocycles. The number of amides is 2. The molecule has 1 aromatic carbocycles. The lowest BCUT2D eigenvalue weighted by molar-refractivity contribution is -0.143. The number of ether oxygens (including phenoxy) is 3. The summed E-state index contributed by atoms with van der Waals surface area (Å²) >= 11 is 0. The molecule has 0 spiro atoms. The van der Waals surface area contributed by atoms with E-state index in [2.05, 4.69) is 10.6 Å². The average molecular weight is 375 g/mol. The summed E-state index contributed by atoms with van der Waals surface area (Å²) in [6.45, 7) is 0.258. The van der Waals surface area contributed by atoms with Gasteiger partial charge in [0.15, 0.2) is 11.5 Å². The molecule has 26 heavy (non-hydrogen) atoms. The first-order valence-corrected chi connectivity index (χ1v) is 8.25. The number of nitrogens with zero attached hydrogens (tertiary/aromatic N) is 1. The summed E-state index contributed by atoms with van der Waals surface area (Å²) in [5.74, 6) is 1.86. The predicted octanol–water partition coefficient (Wildman–Crippen LogP) is 1.73. The molecule has 10 heteroatoms. The van der Waals surface area contributed by atoms with Gasteiger partial charge in [-0.1, -0.05) is 0 Å². The van der Waals surface area contributed by atoms with Gasteiger partial charge in [-0.15, -0.1) is 0 Å². The van der Waals surface area contributed by atoms with Crippen molar-refractivity contribution < 1.29 is 32.2 Å². The van der Waals surface area contributed by atoms with Gasteiger partial charge in [-0.05, 0) is 18.6 Å². The Bertz CT molecular complexity index is 642. The fourth-order valence-corrected chi connectivity index (χ4v) is 2.88. The maximum atomic E-state index is 12.3. The summed E-state index contributed by atoms with van der Waals surface area (Å²) in [5.41, 5.74) is 0. The van der Waals surface area contributed by atoms with Crippen molar-refractivity contribution in [1.82, 2.24) is 15.5 Å². The van der Waals surface area contributed by atoms with Gasteiger partial charge in [0.05, 0.1) is 13.1 Å². The maximum absolute atomic E-state index is 12.3. The number of alkyl halides is 3. The van der Waals surface area contributed by atoms with E-state index in [0.29, 0.717) is 30.2 Å². The summed E-state index contributed by atoms with van der Waals surface area (Å²) in [5, 5.41) is 5.30. The van der Waals surface area contributed by atoms with Gasteiger partial charge in [0.1, 0.15) is 12.4 Å². The minimum Gasteiger partial charge on any atom is -0.492 e. The molecule has 2 amide bonds. The second kappa shape index (κ2) is 7.90. The van der Waals surface area contributed by atoms with Crippen LogP contribution in [0.4, 0.5) is 18.0 Å². The molecule has 0 bridgehead atoms. The second-order valence-electron chi connectivity index (χ2n) is 6.10. The van der Waals surface area contributed by atoms with Crippen LogP contribution in [0.25, 0.3) is 0 Å². The number of halogens is 3. The molecule has 0 aromatic heterocycles. The Morgan fingerprint density at radius 3 is 2.92 bits per heavy atom. The Morgan fingerprint density at radius 2 is 2.12 bits per heavy atom. The Kier molecular flexibility index (Phi) is 5.60.